The normalized spacial score (nSPS) is 11.1. The fraction of sp³-hybridized carbons (Fsp3) is 0.235. The molecule has 1 aromatic heterocycles. The molecule has 20 heavy (non-hydrogen) atoms. The Balaban J connectivity index is 1.84. The summed E-state index contributed by atoms with van der Waals surface area (Å²) in [6, 6.07) is 14.6. The second kappa shape index (κ2) is 5.00. The van der Waals surface area contributed by atoms with Crippen molar-refractivity contribution in [1.82, 2.24) is 9.55 Å². The van der Waals surface area contributed by atoms with Crippen LogP contribution >= 0.6 is 0 Å². The average molecular weight is 265 g/mol. The first-order valence-electron chi connectivity index (χ1n) is 6.90. The summed E-state index contributed by atoms with van der Waals surface area (Å²) in [5.74, 6) is 1.10. The standard InChI is InChI=1S/C17H19N3/c1-12-3-5-13(6-4-12)7-10-17-19-15-9-8-14(18)11-16(15)20(17)2/h3-6,8-9,11H,7,10,18H2,1-2H3. The lowest BCUT2D eigenvalue weighted by atomic mass is 10.1. The minimum atomic E-state index is 0.783. The minimum Gasteiger partial charge on any atom is -0.399 e. The van der Waals surface area contributed by atoms with Gasteiger partial charge in [-0.05, 0) is 37.1 Å². The maximum absolute atomic E-state index is 5.84. The number of nitrogen functional groups attached to an aromatic ring is 1. The molecule has 0 aliphatic rings. The second-order valence-corrected chi connectivity index (χ2v) is 5.32. The van der Waals surface area contributed by atoms with Crippen molar-refractivity contribution in [2.45, 2.75) is 19.8 Å². The zero-order valence-corrected chi connectivity index (χ0v) is 11.9. The SMILES string of the molecule is Cc1ccc(CCc2nc3ccc(N)cc3n2C)cc1. The molecule has 3 rings (SSSR count). The van der Waals surface area contributed by atoms with Crippen LogP contribution in [0.5, 0.6) is 0 Å². The van der Waals surface area contributed by atoms with Gasteiger partial charge in [0.15, 0.2) is 0 Å². The van der Waals surface area contributed by atoms with E-state index in [0.29, 0.717) is 0 Å². The lowest BCUT2D eigenvalue weighted by molar-refractivity contribution is 0.787. The van der Waals surface area contributed by atoms with Gasteiger partial charge in [-0.3, -0.25) is 0 Å². The van der Waals surface area contributed by atoms with Crippen molar-refractivity contribution in [2.24, 2.45) is 7.05 Å². The van der Waals surface area contributed by atoms with Crippen LogP contribution in [0.4, 0.5) is 5.69 Å². The van der Waals surface area contributed by atoms with E-state index in [0.717, 1.165) is 35.4 Å². The molecule has 0 radical (unpaired) electrons. The van der Waals surface area contributed by atoms with E-state index < -0.39 is 0 Å². The van der Waals surface area contributed by atoms with E-state index >= 15 is 0 Å². The van der Waals surface area contributed by atoms with Crippen molar-refractivity contribution in [3.8, 4) is 0 Å². The Morgan fingerprint density at radius 2 is 1.80 bits per heavy atom. The van der Waals surface area contributed by atoms with Crippen LogP contribution in [0.3, 0.4) is 0 Å². The first-order chi connectivity index (χ1) is 9.63. The third-order valence-corrected chi connectivity index (χ3v) is 3.76. The zero-order valence-electron chi connectivity index (χ0n) is 11.9. The van der Waals surface area contributed by atoms with Crippen molar-refractivity contribution in [2.75, 3.05) is 5.73 Å². The molecule has 0 atom stereocenters. The van der Waals surface area contributed by atoms with Crippen molar-refractivity contribution in [3.05, 3.63) is 59.4 Å². The van der Waals surface area contributed by atoms with Crippen LogP contribution in [0.1, 0.15) is 17.0 Å². The summed E-state index contributed by atoms with van der Waals surface area (Å²) in [6.07, 6.45) is 1.95. The van der Waals surface area contributed by atoms with Crippen LogP contribution in [0.2, 0.25) is 0 Å². The summed E-state index contributed by atoms with van der Waals surface area (Å²) in [7, 11) is 2.05. The molecular formula is C17H19N3. The summed E-state index contributed by atoms with van der Waals surface area (Å²) in [5, 5.41) is 0. The Labute approximate surface area is 119 Å². The van der Waals surface area contributed by atoms with E-state index in [1.54, 1.807) is 0 Å². The molecule has 3 aromatic rings. The van der Waals surface area contributed by atoms with Crippen LogP contribution < -0.4 is 5.73 Å². The average Bonchev–Trinajstić information content (AvgIpc) is 2.75. The first-order valence-corrected chi connectivity index (χ1v) is 6.90. The third kappa shape index (κ3) is 2.39. The molecule has 0 saturated heterocycles. The molecule has 0 aliphatic carbocycles. The van der Waals surface area contributed by atoms with Gasteiger partial charge in [-0.1, -0.05) is 29.8 Å². The Morgan fingerprint density at radius 1 is 1.05 bits per heavy atom. The summed E-state index contributed by atoms with van der Waals surface area (Å²) < 4.78 is 2.14. The predicted octanol–water partition coefficient (Wildman–Crippen LogP) is 3.25. The van der Waals surface area contributed by atoms with Crippen LogP contribution in [0.25, 0.3) is 11.0 Å². The number of aromatic nitrogens is 2. The molecule has 102 valence electrons. The van der Waals surface area contributed by atoms with E-state index in [1.807, 2.05) is 18.2 Å². The molecule has 0 saturated carbocycles. The molecule has 0 amide bonds. The predicted molar refractivity (Wildman–Crippen MR) is 83.7 cm³/mol. The lowest BCUT2D eigenvalue weighted by Crippen LogP contribution is -2.00. The van der Waals surface area contributed by atoms with Gasteiger partial charge in [0.25, 0.3) is 0 Å². The molecular weight excluding hydrogens is 246 g/mol. The number of anilines is 1. The van der Waals surface area contributed by atoms with E-state index in [9.17, 15) is 0 Å². The number of rotatable bonds is 3. The largest absolute Gasteiger partial charge is 0.399 e. The van der Waals surface area contributed by atoms with E-state index in [2.05, 4.69) is 42.8 Å². The number of nitrogens with zero attached hydrogens (tertiary/aromatic N) is 2. The third-order valence-electron chi connectivity index (χ3n) is 3.76. The number of fused-ring (bicyclic) bond motifs is 1. The topological polar surface area (TPSA) is 43.8 Å². The lowest BCUT2D eigenvalue weighted by Gasteiger charge is -2.03. The van der Waals surface area contributed by atoms with Gasteiger partial charge in [-0.2, -0.15) is 0 Å². The quantitative estimate of drug-likeness (QED) is 0.739. The highest BCUT2D eigenvalue weighted by Crippen LogP contribution is 2.19. The first kappa shape index (κ1) is 12.7. The number of nitrogens with two attached hydrogens (primary N) is 1. The van der Waals surface area contributed by atoms with Crippen LogP contribution in [-0.4, -0.2) is 9.55 Å². The van der Waals surface area contributed by atoms with Crippen molar-refractivity contribution in [3.63, 3.8) is 0 Å². The highest BCUT2D eigenvalue weighted by Gasteiger charge is 2.08. The molecule has 0 bridgehead atoms. The molecule has 2 aromatic carbocycles. The molecule has 0 spiro atoms. The highest BCUT2D eigenvalue weighted by atomic mass is 15.1. The summed E-state index contributed by atoms with van der Waals surface area (Å²) in [6.45, 7) is 2.11. The van der Waals surface area contributed by atoms with Crippen LogP contribution in [0.15, 0.2) is 42.5 Å². The minimum absolute atomic E-state index is 0.783. The van der Waals surface area contributed by atoms with Gasteiger partial charge in [0.2, 0.25) is 0 Å². The van der Waals surface area contributed by atoms with Gasteiger partial charge >= 0.3 is 0 Å². The maximum atomic E-state index is 5.84. The van der Waals surface area contributed by atoms with Gasteiger partial charge in [0.05, 0.1) is 11.0 Å². The molecule has 1 heterocycles. The Morgan fingerprint density at radius 3 is 2.55 bits per heavy atom. The summed E-state index contributed by atoms with van der Waals surface area (Å²) in [4.78, 5) is 4.69. The number of imidazole rings is 1. The van der Waals surface area contributed by atoms with Crippen molar-refractivity contribution >= 4 is 16.7 Å². The zero-order chi connectivity index (χ0) is 14.1. The smallest absolute Gasteiger partial charge is 0.109 e. The van der Waals surface area contributed by atoms with Gasteiger partial charge in [-0.25, -0.2) is 4.98 Å². The number of benzene rings is 2. The van der Waals surface area contributed by atoms with Crippen molar-refractivity contribution < 1.29 is 0 Å². The Kier molecular flexibility index (Phi) is 3.18. The number of aryl methyl sites for hydroxylation is 4. The summed E-state index contributed by atoms with van der Waals surface area (Å²) in [5.41, 5.74) is 11.4. The Bertz CT molecular complexity index is 739. The van der Waals surface area contributed by atoms with Gasteiger partial charge < -0.3 is 10.3 Å². The van der Waals surface area contributed by atoms with Gasteiger partial charge in [0.1, 0.15) is 5.82 Å². The maximum Gasteiger partial charge on any atom is 0.109 e. The van der Waals surface area contributed by atoms with Crippen LogP contribution in [-0.2, 0) is 19.9 Å². The highest BCUT2D eigenvalue weighted by molar-refractivity contribution is 5.79. The van der Waals surface area contributed by atoms with Gasteiger partial charge in [-0.15, -0.1) is 0 Å². The molecule has 3 nitrogen and oxygen atoms in total. The van der Waals surface area contributed by atoms with E-state index in [1.165, 1.54) is 11.1 Å². The Hall–Kier alpha value is -2.29. The molecule has 0 fully saturated rings. The monoisotopic (exact) mass is 265 g/mol. The van der Waals surface area contributed by atoms with Gasteiger partial charge in [0, 0.05) is 19.2 Å². The fourth-order valence-electron chi connectivity index (χ4n) is 2.49. The molecule has 0 aliphatic heterocycles. The fourth-order valence-corrected chi connectivity index (χ4v) is 2.49. The number of hydrogen-bond acceptors (Lipinski definition) is 2. The van der Waals surface area contributed by atoms with Crippen molar-refractivity contribution in [1.29, 1.82) is 0 Å². The van der Waals surface area contributed by atoms with Crippen LogP contribution in [0, 0.1) is 6.92 Å². The molecule has 0 unspecified atom stereocenters. The second-order valence-electron chi connectivity index (χ2n) is 5.32. The number of hydrogen-bond donors (Lipinski definition) is 1. The molecule has 3 heteroatoms. The summed E-state index contributed by atoms with van der Waals surface area (Å²) >= 11 is 0. The molecule has 2 N–H and O–H groups in total. The van der Waals surface area contributed by atoms with E-state index in [-0.39, 0.29) is 0 Å². The van der Waals surface area contributed by atoms with E-state index in [4.69, 9.17) is 10.7 Å².